The van der Waals surface area contributed by atoms with Gasteiger partial charge in [-0.25, -0.2) is 9.38 Å². The maximum Gasteiger partial charge on any atom is 0.389 e. The van der Waals surface area contributed by atoms with E-state index in [4.69, 9.17) is 4.74 Å². The zero-order valence-corrected chi connectivity index (χ0v) is 23.1. The van der Waals surface area contributed by atoms with Crippen LogP contribution in [-0.4, -0.2) is 41.4 Å². The molecule has 1 heterocycles. The van der Waals surface area contributed by atoms with Crippen LogP contribution >= 0.6 is 0 Å². The lowest BCUT2D eigenvalue weighted by molar-refractivity contribution is -0.167. The molecule has 3 atom stereocenters. The molecule has 0 radical (unpaired) electrons. The molecule has 2 aromatic carbocycles. The van der Waals surface area contributed by atoms with Gasteiger partial charge < -0.3 is 15.4 Å². The summed E-state index contributed by atoms with van der Waals surface area (Å²) in [6.07, 6.45) is -6.37. The van der Waals surface area contributed by atoms with E-state index in [0.717, 1.165) is 18.9 Å². The number of alkyl halides is 3. The Morgan fingerprint density at radius 2 is 1.73 bits per heavy atom. The van der Waals surface area contributed by atoms with E-state index in [9.17, 15) is 31.9 Å². The number of esters is 1. The number of fused-ring (bicyclic) bond motifs is 1. The largest absolute Gasteiger partial charge is 0.460 e. The third-order valence-corrected chi connectivity index (χ3v) is 6.90. The van der Waals surface area contributed by atoms with Crippen LogP contribution < -0.4 is 10.6 Å². The number of benzodiazepines with no additional fused rings is 1. The molecule has 1 saturated carbocycles. The van der Waals surface area contributed by atoms with E-state index >= 15 is 0 Å². The summed E-state index contributed by atoms with van der Waals surface area (Å²) in [6, 6.07) is 12.8. The average Bonchev–Trinajstić information content (AvgIpc) is 3.71. The molecule has 4 rings (SSSR count). The molecule has 1 aliphatic carbocycles. The van der Waals surface area contributed by atoms with Gasteiger partial charge in [0.2, 0.25) is 12.1 Å². The number of ether oxygens (including phenoxy) is 1. The first kappa shape index (κ1) is 30.2. The number of nitrogens with zero attached hydrogens (tertiary/aromatic N) is 1. The van der Waals surface area contributed by atoms with Gasteiger partial charge in [0.15, 0.2) is 0 Å². The standard InChI is InChI=1S/C30H33F4N3O4/c1-29(2,3)41-28(40)21(16-17-12-13-17)19(14-15-30(32,33)34)26(38)37-25-27(39)36-24-20(10-7-11-22(24)31)23(35-25)18-8-5-4-6-9-18/h4-11,17,19,21,25H,12-16H2,1-3H3,(H,36,39)(H,37,38)/t19-,21+,25-/m1/s1. The van der Waals surface area contributed by atoms with Gasteiger partial charge in [0, 0.05) is 17.5 Å². The van der Waals surface area contributed by atoms with E-state index < -0.39 is 66.2 Å². The van der Waals surface area contributed by atoms with Crippen molar-refractivity contribution >= 4 is 29.2 Å². The quantitative estimate of drug-likeness (QED) is 0.293. The Bertz CT molecular complexity index is 1320. The van der Waals surface area contributed by atoms with E-state index in [1.54, 1.807) is 57.2 Å². The summed E-state index contributed by atoms with van der Waals surface area (Å²) < 4.78 is 60.3. The van der Waals surface area contributed by atoms with E-state index in [1.807, 2.05) is 0 Å². The molecule has 1 fully saturated rings. The maximum atomic E-state index is 14.8. The fourth-order valence-corrected chi connectivity index (χ4v) is 4.81. The third kappa shape index (κ3) is 8.14. The van der Waals surface area contributed by atoms with E-state index in [2.05, 4.69) is 15.6 Å². The van der Waals surface area contributed by atoms with Crippen LogP contribution in [-0.2, 0) is 19.1 Å². The number of hydrogen-bond acceptors (Lipinski definition) is 5. The van der Waals surface area contributed by atoms with Gasteiger partial charge in [-0.15, -0.1) is 0 Å². The van der Waals surface area contributed by atoms with E-state index in [0.29, 0.717) is 5.56 Å². The first-order chi connectivity index (χ1) is 19.2. The molecule has 0 saturated heterocycles. The number of aliphatic imine (C=N–C) groups is 1. The Morgan fingerprint density at radius 3 is 2.34 bits per heavy atom. The van der Waals surface area contributed by atoms with Crippen molar-refractivity contribution in [3.8, 4) is 0 Å². The second kappa shape index (κ2) is 12.0. The second-order valence-corrected chi connectivity index (χ2v) is 11.5. The number of anilines is 1. The predicted octanol–water partition coefficient (Wildman–Crippen LogP) is 5.77. The van der Waals surface area contributed by atoms with Gasteiger partial charge in [-0.2, -0.15) is 13.2 Å². The van der Waals surface area contributed by atoms with Gasteiger partial charge in [0.25, 0.3) is 5.91 Å². The van der Waals surface area contributed by atoms with Crippen LogP contribution in [0.5, 0.6) is 0 Å². The molecular formula is C30H33F4N3O4. The van der Waals surface area contributed by atoms with Crippen LogP contribution in [0.3, 0.4) is 0 Å². The monoisotopic (exact) mass is 575 g/mol. The summed E-state index contributed by atoms with van der Waals surface area (Å²) in [7, 11) is 0. The molecule has 2 N–H and O–H groups in total. The van der Waals surface area contributed by atoms with Crippen molar-refractivity contribution in [3.05, 3.63) is 65.5 Å². The van der Waals surface area contributed by atoms with Gasteiger partial charge >= 0.3 is 12.1 Å². The highest BCUT2D eigenvalue weighted by molar-refractivity contribution is 6.20. The highest BCUT2D eigenvalue weighted by Crippen LogP contribution is 2.40. The van der Waals surface area contributed by atoms with Crippen molar-refractivity contribution in [2.75, 3.05) is 5.32 Å². The number of amides is 2. The Kier molecular flexibility index (Phi) is 8.84. The number of hydrogen-bond donors (Lipinski definition) is 2. The van der Waals surface area contributed by atoms with Crippen LogP contribution in [0.1, 0.15) is 64.0 Å². The predicted molar refractivity (Wildman–Crippen MR) is 144 cm³/mol. The Labute approximate surface area is 235 Å². The Balaban J connectivity index is 1.69. The summed E-state index contributed by atoms with van der Waals surface area (Å²) in [6.45, 7) is 4.91. The molecule has 11 heteroatoms. The molecule has 7 nitrogen and oxygen atoms in total. The smallest absolute Gasteiger partial charge is 0.389 e. The van der Waals surface area contributed by atoms with Crippen molar-refractivity contribution < 1.29 is 36.7 Å². The van der Waals surface area contributed by atoms with Gasteiger partial charge in [-0.1, -0.05) is 55.3 Å². The highest BCUT2D eigenvalue weighted by Gasteiger charge is 2.43. The van der Waals surface area contributed by atoms with Crippen LogP contribution in [0.25, 0.3) is 0 Å². The summed E-state index contributed by atoms with van der Waals surface area (Å²) in [5.41, 5.74) is -0.0435. The molecule has 0 spiro atoms. The lowest BCUT2D eigenvalue weighted by Gasteiger charge is -2.29. The molecule has 2 amide bonds. The fourth-order valence-electron chi connectivity index (χ4n) is 4.81. The zero-order chi connectivity index (χ0) is 29.9. The fraction of sp³-hybridized carbons (Fsp3) is 0.467. The van der Waals surface area contributed by atoms with Crippen LogP contribution in [0.15, 0.2) is 53.5 Å². The molecule has 0 unspecified atom stereocenters. The number of rotatable bonds is 9. The minimum Gasteiger partial charge on any atom is -0.460 e. The van der Waals surface area contributed by atoms with Crippen LogP contribution in [0, 0.1) is 23.6 Å². The van der Waals surface area contributed by atoms with Crippen LogP contribution in [0.2, 0.25) is 0 Å². The summed E-state index contributed by atoms with van der Waals surface area (Å²) in [5, 5.41) is 4.91. The normalized spacial score (nSPS) is 18.8. The van der Waals surface area contributed by atoms with Gasteiger partial charge in [-0.05, 0) is 45.6 Å². The third-order valence-electron chi connectivity index (χ3n) is 6.90. The number of carbonyl (C=O) groups excluding carboxylic acids is 3. The maximum absolute atomic E-state index is 14.8. The minimum absolute atomic E-state index is 0.0927. The Hall–Kier alpha value is -3.76. The topological polar surface area (TPSA) is 96.9 Å². The molecular weight excluding hydrogens is 542 g/mol. The molecule has 41 heavy (non-hydrogen) atoms. The number of carbonyl (C=O) groups is 3. The lowest BCUT2D eigenvalue weighted by Crippen LogP contribution is -2.48. The summed E-state index contributed by atoms with van der Waals surface area (Å²) in [5.74, 6) is -5.78. The highest BCUT2D eigenvalue weighted by atomic mass is 19.4. The number of nitrogens with one attached hydrogen (secondary N) is 2. The molecule has 2 aromatic rings. The van der Waals surface area contributed by atoms with Crippen molar-refractivity contribution in [2.45, 2.75) is 70.8 Å². The van der Waals surface area contributed by atoms with Crippen molar-refractivity contribution in [1.29, 1.82) is 0 Å². The van der Waals surface area contributed by atoms with E-state index in [-0.39, 0.29) is 29.3 Å². The van der Waals surface area contributed by atoms with Gasteiger partial charge in [0.05, 0.1) is 23.2 Å². The van der Waals surface area contributed by atoms with E-state index in [1.165, 1.54) is 6.07 Å². The molecule has 220 valence electrons. The zero-order valence-electron chi connectivity index (χ0n) is 23.1. The molecule has 2 aliphatic rings. The minimum atomic E-state index is -4.58. The summed E-state index contributed by atoms with van der Waals surface area (Å²) in [4.78, 5) is 44.5. The second-order valence-electron chi connectivity index (χ2n) is 11.5. The molecule has 0 bridgehead atoms. The van der Waals surface area contributed by atoms with Crippen LogP contribution in [0.4, 0.5) is 23.2 Å². The SMILES string of the molecule is CC(C)(C)OC(=O)[C@@H](CC1CC1)[C@@H](CCC(F)(F)F)C(=O)N[C@H]1N=C(c2ccccc2)c2cccc(F)c2NC1=O. The molecule has 0 aromatic heterocycles. The summed E-state index contributed by atoms with van der Waals surface area (Å²) >= 11 is 0. The average molecular weight is 576 g/mol. The van der Waals surface area contributed by atoms with Gasteiger partial charge in [0.1, 0.15) is 11.4 Å². The lowest BCUT2D eigenvalue weighted by atomic mass is 9.83. The number of halogens is 4. The first-order valence-electron chi connectivity index (χ1n) is 13.5. The van der Waals surface area contributed by atoms with Crippen molar-refractivity contribution in [3.63, 3.8) is 0 Å². The van der Waals surface area contributed by atoms with Crippen molar-refractivity contribution in [2.24, 2.45) is 22.7 Å². The van der Waals surface area contributed by atoms with Gasteiger partial charge in [-0.3, -0.25) is 14.4 Å². The first-order valence-corrected chi connectivity index (χ1v) is 13.5. The molecule has 1 aliphatic heterocycles. The number of benzene rings is 2. The number of para-hydroxylation sites is 1. The Morgan fingerprint density at radius 1 is 1.05 bits per heavy atom. The van der Waals surface area contributed by atoms with Crippen molar-refractivity contribution in [1.82, 2.24) is 5.32 Å².